The van der Waals surface area contributed by atoms with Crippen LogP contribution in [0.1, 0.15) is 24.0 Å². The monoisotopic (exact) mass is 284 g/mol. The van der Waals surface area contributed by atoms with Crippen LogP contribution in [0.5, 0.6) is 0 Å². The van der Waals surface area contributed by atoms with Gasteiger partial charge in [0.25, 0.3) is 0 Å². The van der Waals surface area contributed by atoms with Crippen molar-refractivity contribution in [1.82, 2.24) is 4.72 Å². The summed E-state index contributed by atoms with van der Waals surface area (Å²) in [6.07, 6.45) is 1.48. The summed E-state index contributed by atoms with van der Waals surface area (Å²) in [6, 6.07) is 7.37. The van der Waals surface area contributed by atoms with Crippen molar-refractivity contribution in [1.29, 1.82) is 0 Å². The molecule has 0 bridgehead atoms. The van der Waals surface area contributed by atoms with Crippen LogP contribution in [0.2, 0.25) is 0 Å². The molecule has 0 unspecified atom stereocenters. The van der Waals surface area contributed by atoms with Gasteiger partial charge in [-0.3, -0.25) is 0 Å². The van der Waals surface area contributed by atoms with Gasteiger partial charge in [0, 0.05) is 25.8 Å². The highest BCUT2D eigenvalue weighted by Crippen LogP contribution is 2.12. The van der Waals surface area contributed by atoms with Crippen LogP contribution >= 0.6 is 0 Å². The fraction of sp³-hybridized carbons (Fsp3) is 0.538. The molecule has 1 heterocycles. The molecule has 0 amide bonds. The maximum Gasteiger partial charge on any atom is 0.216 e. The normalized spacial score (nSPS) is 17.5. The first-order valence-electron chi connectivity index (χ1n) is 6.45. The smallest absolute Gasteiger partial charge is 0.216 e. The summed E-state index contributed by atoms with van der Waals surface area (Å²) in [5, 5.41) is 0. The zero-order chi connectivity index (χ0) is 13.7. The van der Waals surface area contributed by atoms with Crippen molar-refractivity contribution in [3.63, 3.8) is 0 Å². The Morgan fingerprint density at radius 3 is 2.63 bits per heavy atom. The SMILES string of the molecule is NCc1cccc(CS(=O)(=O)NC2CCOCC2)c1. The topological polar surface area (TPSA) is 81.4 Å². The molecule has 19 heavy (non-hydrogen) atoms. The average molecular weight is 284 g/mol. The van der Waals surface area contributed by atoms with Gasteiger partial charge in [-0.2, -0.15) is 0 Å². The van der Waals surface area contributed by atoms with Crippen molar-refractivity contribution in [2.45, 2.75) is 31.2 Å². The van der Waals surface area contributed by atoms with Gasteiger partial charge in [0.2, 0.25) is 10.0 Å². The Hall–Kier alpha value is -0.950. The molecule has 3 N–H and O–H groups in total. The molecule has 2 rings (SSSR count). The minimum Gasteiger partial charge on any atom is -0.381 e. The molecule has 1 aromatic rings. The standard InChI is InChI=1S/C13H20N2O3S/c14-9-11-2-1-3-12(8-11)10-19(16,17)15-13-4-6-18-7-5-13/h1-3,8,13,15H,4-7,9-10,14H2. The van der Waals surface area contributed by atoms with E-state index >= 15 is 0 Å². The lowest BCUT2D eigenvalue weighted by Gasteiger charge is -2.23. The lowest BCUT2D eigenvalue weighted by Crippen LogP contribution is -2.39. The average Bonchev–Trinajstić information content (AvgIpc) is 2.39. The second-order valence-corrected chi connectivity index (χ2v) is 6.54. The number of hydrogen-bond donors (Lipinski definition) is 2. The summed E-state index contributed by atoms with van der Waals surface area (Å²) >= 11 is 0. The van der Waals surface area contributed by atoms with Crippen LogP contribution in [0.15, 0.2) is 24.3 Å². The summed E-state index contributed by atoms with van der Waals surface area (Å²) < 4.78 is 32.1. The molecule has 1 saturated heterocycles. The predicted molar refractivity (Wildman–Crippen MR) is 73.9 cm³/mol. The van der Waals surface area contributed by atoms with E-state index in [2.05, 4.69) is 4.72 Å². The largest absolute Gasteiger partial charge is 0.381 e. The van der Waals surface area contributed by atoms with Gasteiger partial charge < -0.3 is 10.5 Å². The highest BCUT2D eigenvalue weighted by atomic mass is 32.2. The van der Waals surface area contributed by atoms with Gasteiger partial charge in [-0.25, -0.2) is 13.1 Å². The van der Waals surface area contributed by atoms with E-state index in [1.54, 1.807) is 0 Å². The molecule has 0 aliphatic carbocycles. The molecule has 1 aliphatic rings. The molecule has 0 atom stereocenters. The van der Waals surface area contributed by atoms with Crippen molar-refractivity contribution >= 4 is 10.0 Å². The summed E-state index contributed by atoms with van der Waals surface area (Å²) in [5.74, 6) is -0.00179. The quantitative estimate of drug-likeness (QED) is 0.836. The molecular weight excluding hydrogens is 264 g/mol. The predicted octanol–water partition coefficient (Wildman–Crippen LogP) is 0.744. The minimum atomic E-state index is -3.31. The summed E-state index contributed by atoms with van der Waals surface area (Å²) in [5.41, 5.74) is 7.26. The summed E-state index contributed by atoms with van der Waals surface area (Å²) in [6.45, 7) is 1.66. The first-order chi connectivity index (χ1) is 9.09. The second kappa shape index (κ2) is 6.47. The van der Waals surface area contributed by atoms with E-state index in [0.717, 1.165) is 24.0 Å². The highest BCUT2D eigenvalue weighted by molar-refractivity contribution is 7.88. The molecule has 1 aliphatic heterocycles. The van der Waals surface area contributed by atoms with Gasteiger partial charge in [0.1, 0.15) is 0 Å². The molecule has 0 aromatic heterocycles. The van der Waals surface area contributed by atoms with E-state index in [1.165, 1.54) is 0 Å². The third-order valence-electron chi connectivity index (χ3n) is 3.15. The fourth-order valence-electron chi connectivity index (χ4n) is 2.18. The van der Waals surface area contributed by atoms with Crippen LogP contribution in [-0.2, 0) is 27.1 Å². The molecule has 0 spiro atoms. The van der Waals surface area contributed by atoms with E-state index in [4.69, 9.17) is 10.5 Å². The van der Waals surface area contributed by atoms with Gasteiger partial charge in [0.15, 0.2) is 0 Å². The minimum absolute atomic E-state index is 0.00179. The highest BCUT2D eigenvalue weighted by Gasteiger charge is 2.20. The third kappa shape index (κ3) is 4.58. The van der Waals surface area contributed by atoms with Gasteiger partial charge in [-0.15, -0.1) is 0 Å². The number of ether oxygens (including phenoxy) is 1. The van der Waals surface area contributed by atoms with Crippen LogP contribution < -0.4 is 10.5 Å². The lowest BCUT2D eigenvalue weighted by atomic mass is 10.1. The van der Waals surface area contributed by atoms with Crippen molar-refractivity contribution in [3.05, 3.63) is 35.4 Å². The van der Waals surface area contributed by atoms with Crippen molar-refractivity contribution in [2.75, 3.05) is 13.2 Å². The number of sulfonamides is 1. The van der Waals surface area contributed by atoms with E-state index in [9.17, 15) is 8.42 Å². The lowest BCUT2D eigenvalue weighted by molar-refractivity contribution is 0.0832. The second-order valence-electron chi connectivity index (χ2n) is 4.79. The third-order valence-corrected chi connectivity index (χ3v) is 4.56. The summed E-state index contributed by atoms with van der Waals surface area (Å²) in [7, 11) is -3.31. The van der Waals surface area contributed by atoms with E-state index in [1.807, 2.05) is 24.3 Å². The van der Waals surface area contributed by atoms with E-state index in [0.29, 0.717) is 19.8 Å². The Balaban J connectivity index is 1.99. The van der Waals surface area contributed by atoms with Crippen molar-refractivity contribution in [3.8, 4) is 0 Å². The van der Waals surface area contributed by atoms with E-state index < -0.39 is 10.0 Å². The van der Waals surface area contributed by atoms with Crippen LogP contribution in [0.3, 0.4) is 0 Å². The number of nitrogens with two attached hydrogens (primary N) is 1. The molecule has 5 nitrogen and oxygen atoms in total. The number of rotatable bonds is 5. The van der Waals surface area contributed by atoms with Gasteiger partial charge in [-0.1, -0.05) is 24.3 Å². The summed E-state index contributed by atoms with van der Waals surface area (Å²) in [4.78, 5) is 0. The van der Waals surface area contributed by atoms with Gasteiger partial charge in [-0.05, 0) is 24.0 Å². The zero-order valence-corrected chi connectivity index (χ0v) is 11.7. The van der Waals surface area contributed by atoms with Crippen LogP contribution in [0.25, 0.3) is 0 Å². The van der Waals surface area contributed by atoms with Crippen molar-refractivity contribution < 1.29 is 13.2 Å². The zero-order valence-electron chi connectivity index (χ0n) is 10.8. The number of hydrogen-bond acceptors (Lipinski definition) is 4. The molecule has 106 valence electrons. The number of benzene rings is 1. The van der Waals surface area contributed by atoms with E-state index in [-0.39, 0.29) is 11.8 Å². The molecule has 0 saturated carbocycles. The van der Waals surface area contributed by atoms with Gasteiger partial charge >= 0.3 is 0 Å². The Morgan fingerprint density at radius 2 is 1.95 bits per heavy atom. The Morgan fingerprint density at radius 1 is 1.26 bits per heavy atom. The first-order valence-corrected chi connectivity index (χ1v) is 8.10. The maximum atomic E-state index is 12.1. The van der Waals surface area contributed by atoms with Crippen LogP contribution in [0, 0.1) is 0 Å². The van der Waals surface area contributed by atoms with Crippen LogP contribution in [0.4, 0.5) is 0 Å². The maximum absolute atomic E-state index is 12.1. The molecule has 1 fully saturated rings. The van der Waals surface area contributed by atoms with Crippen molar-refractivity contribution in [2.24, 2.45) is 5.73 Å². The Labute approximate surface area is 114 Å². The Kier molecular flexibility index (Phi) is 4.93. The fourth-order valence-corrected chi connectivity index (χ4v) is 3.62. The van der Waals surface area contributed by atoms with Crippen LogP contribution in [-0.4, -0.2) is 27.7 Å². The molecule has 6 heteroatoms. The number of nitrogens with one attached hydrogen (secondary N) is 1. The molecule has 1 aromatic carbocycles. The molecular formula is C13H20N2O3S. The first kappa shape index (κ1) is 14.5. The molecule has 0 radical (unpaired) electrons. The Bertz CT molecular complexity index is 510. The van der Waals surface area contributed by atoms with Gasteiger partial charge in [0.05, 0.1) is 5.75 Å².